The zero-order valence-electron chi connectivity index (χ0n) is 10.3. The summed E-state index contributed by atoms with van der Waals surface area (Å²) >= 11 is 0. The van der Waals surface area contributed by atoms with E-state index in [9.17, 15) is 17.2 Å². The van der Waals surface area contributed by atoms with Crippen molar-refractivity contribution in [2.45, 2.75) is 30.6 Å². The van der Waals surface area contributed by atoms with E-state index in [-0.39, 0.29) is 12.6 Å². The second-order valence-electron chi connectivity index (χ2n) is 4.83. The largest absolute Gasteiger partial charge is 0.312 e. The van der Waals surface area contributed by atoms with Crippen LogP contribution >= 0.6 is 0 Å². The van der Waals surface area contributed by atoms with E-state index in [1.807, 2.05) is 0 Å². The lowest BCUT2D eigenvalue weighted by molar-refractivity contribution is 0.392. The number of nitrogens with two attached hydrogens (primary N) is 1. The van der Waals surface area contributed by atoms with Crippen molar-refractivity contribution < 1.29 is 17.2 Å². The summed E-state index contributed by atoms with van der Waals surface area (Å²) in [7, 11) is -3.52. The Morgan fingerprint density at radius 1 is 1.32 bits per heavy atom. The molecule has 1 aromatic carbocycles. The number of benzene rings is 1. The maximum Gasteiger partial charge on any atom is 0.213 e. The summed E-state index contributed by atoms with van der Waals surface area (Å²) in [6.07, 6.45) is 1.46. The first-order valence-corrected chi connectivity index (χ1v) is 7.66. The second kappa shape index (κ2) is 5.52. The fourth-order valence-corrected chi connectivity index (χ4v) is 3.09. The van der Waals surface area contributed by atoms with Crippen molar-refractivity contribution in [1.82, 2.24) is 5.32 Å². The molecule has 3 N–H and O–H groups in total. The van der Waals surface area contributed by atoms with Crippen molar-refractivity contribution in [1.29, 1.82) is 0 Å². The Hall–Kier alpha value is -1.05. The molecule has 0 radical (unpaired) electrons. The first kappa shape index (κ1) is 14.4. The molecule has 1 aliphatic heterocycles. The summed E-state index contributed by atoms with van der Waals surface area (Å²) in [6.45, 7) is 0.270. The molecule has 4 nitrogen and oxygen atoms in total. The molecule has 0 amide bonds. The van der Waals surface area contributed by atoms with E-state index in [0.717, 1.165) is 6.07 Å². The summed E-state index contributed by atoms with van der Waals surface area (Å²) in [5.74, 6) is -1.18. The van der Waals surface area contributed by atoms with Gasteiger partial charge in [-0.05, 0) is 30.9 Å². The predicted octanol–water partition coefficient (Wildman–Crippen LogP) is 0.916. The van der Waals surface area contributed by atoms with Gasteiger partial charge in [0.25, 0.3) is 0 Å². The predicted molar refractivity (Wildman–Crippen MR) is 68.0 cm³/mol. The molecule has 1 heterocycles. The van der Waals surface area contributed by atoms with Crippen LogP contribution in [0.5, 0.6) is 0 Å². The summed E-state index contributed by atoms with van der Waals surface area (Å²) in [5.41, 5.74) is 0.424. The number of hydrogen-bond donors (Lipinski definition) is 2. The molecule has 2 atom stereocenters. The lowest BCUT2D eigenvalue weighted by atomic mass is 9.97. The highest BCUT2D eigenvalue weighted by Gasteiger charge is 2.28. The normalized spacial score (nSPS) is 24.4. The third-order valence-electron chi connectivity index (χ3n) is 3.42. The summed E-state index contributed by atoms with van der Waals surface area (Å²) < 4.78 is 48.6. The van der Waals surface area contributed by atoms with Gasteiger partial charge in [-0.15, -0.1) is 0 Å². The van der Waals surface area contributed by atoms with Crippen LogP contribution in [-0.2, 0) is 16.4 Å². The lowest BCUT2D eigenvalue weighted by Gasteiger charge is -2.28. The van der Waals surface area contributed by atoms with Gasteiger partial charge in [0.1, 0.15) is 11.6 Å². The van der Waals surface area contributed by atoms with Crippen molar-refractivity contribution >= 4 is 10.0 Å². The van der Waals surface area contributed by atoms with Crippen LogP contribution in [0, 0.1) is 11.6 Å². The van der Waals surface area contributed by atoms with E-state index in [0.29, 0.717) is 24.8 Å². The number of nitrogens with one attached hydrogen (secondary N) is 1. The van der Waals surface area contributed by atoms with Crippen molar-refractivity contribution in [3.8, 4) is 0 Å². The van der Waals surface area contributed by atoms with Crippen LogP contribution in [0.25, 0.3) is 0 Å². The average molecular weight is 290 g/mol. The van der Waals surface area contributed by atoms with Gasteiger partial charge in [0, 0.05) is 18.7 Å². The highest BCUT2D eigenvalue weighted by molar-refractivity contribution is 7.89. The first-order chi connectivity index (χ1) is 8.86. The van der Waals surface area contributed by atoms with Crippen LogP contribution in [0.15, 0.2) is 18.2 Å². The smallest absolute Gasteiger partial charge is 0.213 e. The Morgan fingerprint density at radius 3 is 2.58 bits per heavy atom. The van der Waals surface area contributed by atoms with Crippen LogP contribution in [0.3, 0.4) is 0 Å². The number of piperidine rings is 1. The topological polar surface area (TPSA) is 72.2 Å². The van der Waals surface area contributed by atoms with E-state index in [1.54, 1.807) is 0 Å². The third kappa shape index (κ3) is 3.71. The van der Waals surface area contributed by atoms with E-state index in [1.165, 1.54) is 12.1 Å². The van der Waals surface area contributed by atoms with Gasteiger partial charge in [-0.2, -0.15) is 0 Å². The van der Waals surface area contributed by atoms with E-state index in [2.05, 4.69) is 5.32 Å². The molecular weight excluding hydrogens is 274 g/mol. The number of sulfonamides is 1. The van der Waals surface area contributed by atoms with Crippen LogP contribution in [-0.4, -0.2) is 26.3 Å². The first-order valence-electron chi connectivity index (χ1n) is 6.05. The van der Waals surface area contributed by atoms with E-state index < -0.39 is 26.9 Å². The van der Waals surface area contributed by atoms with Gasteiger partial charge in [-0.1, -0.05) is 6.07 Å². The van der Waals surface area contributed by atoms with Crippen molar-refractivity contribution in [3.05, 3.63) is 35.4 Å². The van der Waals surface area contributed by atoms with Crippen LogP contribution in [0.1, 0.15) is 18.4 Å². The molecule has 1 aliphatic rings. The Kier molecular flexibility index (Phi) is 4.17. The fraction of sp³-hybridized carbons (Fsp3) is 0.500. The fourth-order valence-electron chi connectivity index (χ4n) is 2.30. The van der Waals surface area contributed by atoms with E-state index >= 15 is 0 Å². The Balaban J connectivity index is 1.96. The van der Waals surface area contributed by atoms with Gasteiger partial charge in [0.05, 0.1) is 5.25 Å². The SMILES string of the molecule is NS(=O)(=O)C1CCC(Cc2ccc(F)cc2F)NC1. The molecule has 1 saturated heterocycles. The zero-order chi connectivity index (χ0) is 14.0. The zero-order valence-corrected chi connectivity index (χ0v) is 11.1. The molecule has 0 spiro atoms. The number of hydrogen-bond acceptors (Lipinski definition) is 3. The Bertz CT molecular complexity index is 555. The molecule has 19 heavy (non-hydrogen) atoms. The minimum Gasteiger partial charge on any atom is -0.312 e. The van der Waals surface area contributed by atoms with E-state index in [4.69, 9.17) is 5.14 Å². The minimum atomic E-state index is -3.52. The molecule has 1 fully saturated rings. The number of halogens is 2. The molecule has 106 valence electrons. The standard InChI is InChI=1S/C12H16F2N2O2S/c13-9-2-1-8(12(14)6-9)5-10-3-4-11(7-16-10)19(15,17)18/h1-2,6,10-11,16H,3-5,7H2,(H2,15,17,18). The molecule has 2 rings (SSSR count). The Labute approximate surface area is 111 Å². The summed E-state index contributed by atoms with van der Waals surface area (Å²) in [6, 6.07) is 3.47. The van der Waals surface area contributed by atoms with Crippen LogP contribution < -0.4 is 10.5 Å². The van der Waals surface area contributed by atoms with Gasteiger partial charge >= 0.3 is 0 Å². The highest BCUT2D eigenvalue weighted by atomic mass is 32.2. The summed E-state index contributed by atoms with van der Waals surface area (Å²) in [4.78, 5) is 0. The van der Waals surface area contributed by atoms with Gasteiger partial charge < -0.3 is 5.32 Å². The van der Waals surface area contributed by atoms with Crippen molar-refractivity contribution in [2.75, 3.05) is 6.54 Å². The third-order valence-corrected chi connectivity index (χ3v) is 4.75. The van der Waals surface area contributed by atoms with Crippen molar-refractivity contribution in [2.24, 2.45) is 5.14 Å². The molecule has 2 unspecified atom stereocenters. The van der Waals surface area contributed by atoms with Crippen LogP contribution in [0.4, 0.5) is 8.78 Å². The molecule has 0 aromatic heterocycles. The highest BCUT2D eigenvalue weighted by Crippen LogP contribution is 2.18. The molecular formula is C12H16F2N2O2S. The Morgan fingerprint density at radius 2 is 2.05 bits per heavy atom. The maximum atomic E-state index is 13.5. The minimum absolute atomic E-state index is 0.0158. The quantitative estimate of drug-likeness (QED) is 0.869. The molecule has 7 heteroatoms. The number of primary sulfonamides is 1. The molecule has 0 bridgehead atoms. The summed E-state index contributed by atoms with van der Waals surface area (Å²) in [5, 5.41) is 7.54. The molecule has 0 saturated carbocycles. The van der Waals surface area contributed by atoms with Gasteiger partial charge in [0.15, 0.2) is 0 Å². The van der Waals surface area contributed by atoms with Crippen molar-refractivity contribution in [3.63, 3.8) is 0 Å². The van der Waals surface area contributed by atoms with Gasteiger partial charge in [0.2, 0.25) is 10.0 Å². The number of rotatable bonds is 3. The second-order valence-corrected chi connectivity index (χ2v) is 6.68. The monoisotopic (exact) mass is 290 g/mol. The molecule has 0 aliphatic carbocycles. The molecule has 1 aromatic rings. The van der Waals surface area contributed by atoms with Gasteiger partial charge in [-0.25, -0.2) is 22.3 Å². The maximum absolute atomic E-state index is 13.5. The lowest BCUT2D eigenvalue weighted by Crippen LogP contribution is -2.47. The van der Waals surface area contributed by atoms with Crippen LogP contribution in [0.2, 0.25) is 0 Å². The average Bonchev–Trinajstić information content (AvgIpc) is 2.32. The van der Waals surface area contributed by atoms with Gasteiger partial charge in [-0.3, -0.25) is 0 Å².